The van der Waals surface area contributed by atoms with Gasteiger partial charge in [0.25, 0.3) is 0 Å². The van der Waals surface area contributed by atoms with E-state index >= 15 is 0 Å². The maximum absolute atomic E-state index is 13.2. The van der Waals surface area contributed by atoms with Crippen LogP contribution in [0.2, 0.25) is 0 Å². The number of carbonyl (C=O) groups excluding carboxylic acids is 2. The molecule has 0 atom stereocenters. The van der Waals surface area contributed by atoms with Gasteiger partial charge in [-0.2, -0.15) is 0 Å². The third-order valence-electron chi connectivity index (χ3n) is 4.58. The highest BCUT2D eigenvalue weighted by molar-refractivity contribution is 5.91. The lowest BCUT2D eigenvalue weighted by Gasteiger charge is -2.21. The molecule has 0 aliphatic carbocycles. The van der Waals surface area contributed by atoms with E-state index in [9.17, 15) is 14.0 Å². The summed E-state index contributed by atoms with van der Waals surface area (Å²) >= 11 is 0. The Kier molecular flexibility index (Phi) is 9.75. The number of hydrogen-bond donors (Lipinski definition) is 1. The van der Waals surface area contributed by atoms with E-state index < -0.39 is 0 Å². The SMILES string of the molecule is CCOC(=O)CN(CCC(=O)Nc1cc(OC)c(OC)c(OC)c1)Cc1ccc(F)cc1. The molecule has 2 aromatic carbocycles. The highest BCUT2D eigenvalue weighted by atomic mass is 19.1. The minimum atomic E-state index is -0.389. The molecule has 2 aromatic rings. The second-order valence-corrected chi connectivity index (χ2v) is 6.85. The van der Waals surface area contributed by atoms with Crippen LogP contribution in [0.3, 0.4) is 0 Å². The maximum atomic E-state index is 13.2. The van der Waals surface area contributed by atoms with E-state index in [-0.39, 0.29) is 37.3 Å². The largest absolute Gasteiger partial charge is 0.493 e. The average molecular weight is 448 g/mol. The Bertz CT molecular complexity index is 879. The van der Waals surface area contributed by atoms with Crippen molar-refractivity contribution in [2.24, 2.45) is 0 Å². The van der Waals surface area contributed by atoms with Crippen LogP contribution in [0.25, 0.3) is 0 Å². The predicted octanol–water partition coefficient (Wildman–Crippen LogP) is 3.25. The number of halogens is 1. The van der Waals surface area contributed by atoms with Crippen molar-refractivity contribution in [1.29, 1.82) is 0 Å². The van der Waals surface area contributed by atoms with E-state index in [4.69, 9.17) is 18.9 Å². The number of benzene rings is 2. The first-order valence-electron chi connectivity index (χ1n) is 10.1. The van der Waals surface area contributed by atoms with Gasteiger partial charge in [-0.3, -0.25) is 14.5 Å². The van der Waals surface area contributed by atoms with Crippen LogP contribution in [-0.2, 0) is 20.9 Å². The molecule has 0 heterocycles. The average Bonchev–Trinajstić information content (AvgIpc) is 2.78. The highest BCUT2D eigenvalue weighted by Gasteiger charge is 2.17. The van der Waals surface area contributed by atoms with Gasteiger partial charge in [-0.1, -0.05) is 12.1 Å². The van der Waals surface area contributed by atoms with Crippen LogP contribution >= 0.6 is 0 Å². The highest BCUT2D eigenvalue weighted by Crippen LogP contribution is 2.39. The molecule has 0 aliphatic heterocycles. The molecule has 0 aliphatic rings. The summed E-state index contributed by atoms with van der Waals surface area (Å²) in [5.74, 6) is 0.278. The smallest absolute Gasteiger partial charge is 0.320 e. The summed E-state index contributed by atoms with van der Waals surface area (Å²) in [4.78, 5) is 26.3. The molecular weight excluding hydrogens is 419 g/mol. The second kappa shape index (κ2) is 12.5. The Balaban J connectivity index is 2.05. The van der Waals surface area contributed by atoms with Crippen LogP contribution in [0.4, 0.5) is 10.1 Å². The lowest BCUT2D eigenvalue weighted by Crippen LogP contribution is -2.33. The molecule has 0 unspecified atom stereocenters. The standard InChI is InChI=1S/C23H29FN2O6/c1-5-32-22(28)15-26(14-16-6-8-17(24)9-7-16)11-10-21(27)25-18-12-19(29-2)23(31-4)20(13-18)30-3/h6-9,12-13H,5,10-11,14-15H2,1-4H3,(H,25,27). The quantitative estimate of drug-likeness (QED) is 0.499. The molecule has 1 amide bonds. The summed E-state index contributed by atoms with van der Waals surface area (Å²) in [5.41, 5.74) is 1.31. The summed E-state index contributed by atoms with van der Waals surface area (Å²) in [6, 6.07) is 9.26. The zero-order valence-corrected chi connectivity index (χ0v) is 18.8. The summed E-state index contributed by atoms with van der Waals surface area (Å²) in [6.45, 7) is 2.68. The number of nitrogens with one attached hydrogen (secondary N) is 1. The van der Waals surface area contributed by atoms with Gasteiger partial charge in [-0.15, -0.1) is 0 Å². The van der Waals surface area contributed by atoms with Crippen molar-refractivity contribution in [2.75, 3.05) is 46.3 Å². The number of ether oxygens (including phenoxy) is 4. The lowest BCUT2D eigenvalue weighted by molar-refractivity contribution is -0.144. The minimum absolute atomic E-state index is 0.0165. The Labute approximate surface area is 187 Å². The topological polar surface area (TPSA) is 86.3 Å². The number of carbonyl (C=O) groups is 2. The summed E-state index contributed by atoms with van der Waals surface area (Å²) in [5, 5.41) is 2.80. The molecule has 0 radical (unpaired) electrons. The summed E-state index contributed by atoms with van der Waals surface area (Å²) in [6.07, 6.45) is 0.122. The number of nitrogens with zero attached hydrogens (tertiary/aromatic N) is 1. The first-order chi connectivity index (χ1) is 15.4. The van der Waals surface area contributed by atoms with E-state index in [1.807, 2.05) is 0 Å². The van der Waals surface area contributed by atoms with Gasteiger partial charge in [-0.25, -0.2) is 4.39 Å². The Morgan fingerprint density at radius 2 is 1.62 bits per heavy atom. The van der Waals surface area contributed by atoms with Gasteiger partial charge in [-0.05, 0) is 24.6 Å². The normalized spacial score (nSPS) is 10.6. The predicted molar refractivity (Wildman–Crippen MR) is 118 cm³/mol. The van der Waals surface area contributed by atoms with Gasteiger partial charge < -0.3 is 24.3 Å². The van der Waals surface area contributed by atoms with Gasteiger partial charge in [0.15, 0.2) is 11.5 Å². The molecule has 2 rings (SSSR count). The fourth-order valence-corrected chi connectivity index (χ4v) is 3.09. The van der Waals surface area contributed by atoms with Crippen LogP contribution in [0, 0.1) is 5.82 Å². The van der Waals surface area contributed by atoms with Crippen LogP contribution in [-0.4, -0.2) is 57.8 Å². The minimum Gasteiger partial charge on any atom is -0.493 e. The van der Waals surface area contributed by atoms with Crippen molar-refractivity contribution in [1.82, 2.24) is 4.90 Å². The summed E-state index contributed by atoms with van der Waals surface area (Å²) < 4.78 is 34.1. The van der Waals surface area contributed by atoms with Crippen molar-refractivity contribution < 1.29 is 32.9 Å². The van der Waals surface area contributed by atoms with Crippen LogP contribution in [0.15, 0.2) is 36.4 Å². The van der Waals surface area contributed by atoms with Crippen molar-refractivity contribution in [2.45, 2.75) is 19.9 Å². The molecule has 9 heteroatoms. The van der Waals surface area contributed by atoms with Crippen LogP contribution in [0.1, 0.15) is 18.9 Å². The zero-order chi connectivity index (χ0) is 23.5. The third kappa shape index (κ3) is 7.42. The monoisotopic (exact) mass is 448 g/mol. The van der Waals surface area contributed by atoms with Gasteiger partial charge >= 0.3 is 5.97 Å². The molecule has 0 fully saturated rings. The Morgan fingerprint density at radius 3 is 2.16 bits per heavy atom. The van der Waals surface area contributed by atoms with Crippen molar-refractivity contribution in [3.63, 3.8) is 0 Å². The Morgan fingerprint density at radius 1 is 1.00 bits per heavy atom. The number of esters is 1. The fraction of sp³-hybridized carbons (Fsp3) is 0.391. The Hall–Kier alpha value is -3.33. The molecule has 0 bridgehead atoms. The molecular formula is C23H29FN2O6. The number of hydrogen-bond acceptors (Lipinski definition) is 7. The van der Waals surface area contributed by atoms with Crippen LogP contribution < -0.4 is 19.5 Å². The lowest BCUT2D eigenvalue weighted by atomic mass is 10.2. The van der Waals surface area contributed by atoms with Gasteiger partial charge in [0.2, 0.25) is 11.7 Å². The molecule has 0 saturated heterocycles. The van der Waals surface area contributed by atoms with Crippen LogP contribution in [0.5, 0.6) is 17.2 Å². The summed E-state index contributed by atoms with van der Waals surface area (Å²) in [7, 11) is 4.48. The van der Waals surface area contributed by atoms with Crippen molar-refractivity contribution in [3.8, 4) is 17.2 Å². The van der Waals surface area contributed by atoms with E-state index in [1.54, 1.807) is 36.1 Å². The van der Waals surface area contributed by atoms with Gasteiger partial charge in [0, 0.05) is 37.3 Å². The fourth-order valence-electron chi connectivity index (χ4n) is 3.09. The second-order valence-electron chi connectivity index (χ2n) is 6.85. The third-order valence-corrected chi connectivity index (χ3v) is 4.58. The molecule has 8 nitrogen and oxygen atoms in total. The zero-order valence-electron chi connectivity index (χ0n) is 18.8. The first kappa shape index (κ1) is 24.9. The molecule has 0 spiro atoms. The van der Waals surface area contributed by atoms with Crippen molar-refractivity contribution >= 4 is 17.6 Å². The van der Waals surface area contributed by atoms with E-state index in [0.717, 1.165) is 5.56 Å². The maximum Gasteiger partial charge on any atom is 0.320 e. The number of anilines is 1. The van der Waals surface area contributed by atoms with E-state index in [2.05, 4.69) is 5.32 Å². The van der Waals surface area contributed by atoms with E-state index in [0.29, 0.717) is 36.0 Å². The number of methoxy groups -OCH3 is 3. The molecule has 32 heavy (non-hydrogen) atoms. The number of amides is 1. The van der Waals surface area contributed by atoms with E-state index in [1.165, 1.54) is 33.5 Å². The van der Waals surface area contributed by atoms with Crippen molar-refractivity contribution in [3.05, 3.63) is 47.8 Å². The van der Waals surface area contributed by atoms with Gasteiger partial charge in [0.05, 0.1) is 34.5 Å². The van der Waals surface area contributed by atoms with Gasteiger partial charge in [0.1, 0.15) is 5.82 Å². The first-order valence-corrected chi connectivity index (χ1v) is 10.1. The molecule has 0 saturated carbocycles. The number of rotatable bonds is 12. The molecule has 174 valence electrons. The molecule has 1 N–H and O–H groups in total. The molecule has 0 aromatic heterocycles.